The number of hydrogen-bond donors (Lipinski definition) is 2. The van der Waals surface area contributed by atoms with Crippen LogP contribution in [0.25, 0.3) is 0 Å². The van der Waals surface area contributed by atoms with Crippen LogP contribution in [0.5, 0.6) is 0 Å². The molecule has 0 bridgehead atoms. The highest BCUT2D eigenvalue weighted by Gasteiger charge is 2.66. The van der Waals surface area contributed by atoms with Crippen molar-refractivity contribution in [3.63, 3.8) is 0 Å². The van der Waals surface area contributed by atoms with Crippen molar-refractivity contribution in [2.75, 3.05) is 18.1 Å². The average Bonchev–Trinajstić information content (AvgIpc) is 3.38. The molecule has 2 aliphatic rings. The number of fused-ring (bicyclic) bond motifs is 2. The summed E-state index contributed by atoms with van der Waals surface area (Å²) in [6.07, 6.45) is 4.32. The third-order valence-corrected chi connectivity index (χ3v) is 10.0. The SMILES string of the molecule is C=CCN1C(=O)[C@]2(O[C@H](CCn3cc(CCO)nn3)[C@@H]([Si](C)(C)O)[C@@H]2C)c2cc(I)ccc21. The number of benzene rings is 1. The lowest BCUT2D eigenvalue weighted by Crippen LogP contribution is -2.46. The van der Waals surface area contributed by atoms with E-state index >= 15 is 0 Å². The number of aryl methyl sites for hydroxylation is 1. The van der Waals surface area contributed by atoms with Crippen molar-refractivity contribution >= 4 is 42.5 Å². The summed E-state index contributed by atoms with van der Waals surface area (Å²) in [4.78, 5) is 26.9. The molecule has 2 aromatic rings. The molecular formula is C23H31IN4O4Si. The molecular weight excluding hydrogens is 551 g/mol. The first-order chi connectivity index (χ1) is 15.6. The van der Waals surface area contributed by atoms with E-state index < -0.39 is 13.9 Å². The van der Waals surface area contributed by atoms with Crippen LogP contribution < -0.4 is 4.90 Å². The lowest BCUT2D eigenvalue weighted by atomic mass is 9.82. The van der Waals surface area contributed by atoms with E-state index in [1.807, 2.05) is 44.4 Å². The zero-order valence-corrected chi connectivity index (χ0v) is 22.4. The molecule has 3 heterocycles. The molecule has 4 rings (SSSR count). The maximum atomic E-state index is 13.9. The number of halogens is 1. The van der Waals surface area contributed by atoms with E-state index in [1.54, 1.807) is 15.7 Å². The Morgan fingerprint density at radius 3 is 2.82 bits per heavy atom. The Kier molecular flexibility index (Phi) is 6.85. The van der Waals surface area contributed by atoms with Crippen molar-refractivity contribution in [1.82, 2.24) is 15.0 Å². The van der Waals surface area contributed by atoms with E-state index in [4.69, 9.17) is 9.84 Å². The zero-order valence-electron chi connectivity index (χ0n) is 19.2. The number of aromatic nitrogens is 3. The van der Waals surface area contributed by atoms with E-state index in [0.29, 0.717) is 25.9 Å². The number of amides is 1. The van der Waals surface area contributed by atoms with Gasteiger partial charge in [0.25, 0.3) is 5.91 Å². The largest absolute Gasteiger partial charge is 0.432 e. The molecule has 1 spiro atoms. The molecule has 2 aliphatic heterocycles. The van der Waals surface area contributed by atoms with Crippen molar-refractivity contribution in [2.45, 2.75) is 56.7 Å². The molecule has 0 unspecified atom stereocenters. The molecule has 1 fully saturated rings. The van der Waals surface area contributed by atoms with Crippen LogP contribution in [0.1, 0.15) is 24.6 Å². The molecule has 33 heavy (non-hydrogen) atoms. The smallest absolute Gasteiger partial charge is 0.264 e. The van der Waals surface area contributed by atoms with Gasteiger partial charge in [-0.1, -0.05) is 18.2 Å². The monoisotopic (exact) mass is 582 g/mol. The fraction of sp³-hybridized carbons (Fsp3) is 0.522. The summed E-state index contributed by atoms with van der Waals surface area (Å²) in [5.74, 6) is -0.266. The minimum atomic E-state index is -2.69. The second kappa shape index (κ2) is 9.21. The van der Waals surface area contributed by atoms with Gasteiger partial charge < -0.3 is 19.5 Å². The quantitative estimate of drug-likeness (QED) is 0.282. The normalized spacial score (nSPS) is 26.9. The van der Waals surface area contributed by atoms with Crippen LogP contribution in [-0.2, 0) is 28.1 Å². The van der Waals surface area contributed by atoms with Gasteiger partial charge in [-0.2, -0.15) is 0 Å². The topological polar surface area (TPSA) is 101 Å². The van der Waals surface area contributed by atoms with Crippen molar-refractivity contribution in [2.24, 2.45) is 5.92 Å². The number of hydrogen-bond acceptors (Lipinski definition) is 6. The highest BCUT2D eigenvalue weighted by Crippen LogP contribution is 2.59. The van der Waals surface area contributed by atoms with Crippen LogP contribution in [0, 0.1) is 9.49 Å². The Balaban J connectivity index is 1.70. The summed E-state index contributed by atoms with van der Waals surface area (Å²) in [5.41, 5.74) is 1.22. The summed E-state index contributed by atoms with van der Waals surface area (Å²) < 4.78 is 9.53. The number of aliphatic hydroxyl groups excluding tert-OH is 1. The van der Waals surface area contributed by atoms with Crippen LogP contribution in [0.3, 0.4) is 0 Å². The number of carbonyl (C=O) groups is 1. The Labute approximate surface area is 208 Å². The Morgan fingerprint density at radius 1 is 1.39 bits per heavy atom. The lowest BCUT2D eigenvalue weighted by molar-refractivity contribution is -0.145. The summed E-state index contributed by atoms with van der Waals surface area (Å²) in [5, 5.41) is 17.4. The second-order valence-corrected chi connectivity index (χ2v) is 14.7. The molecule has 1 aromatic carbocycles. The van der Waals surface area contributed by atoms with Crippen molar-refractivity contribution in [1.29, 1.82) is 0 Å². The molecule has 2 N–H and O–H groups in total. The first-order valence-corrected chi connectivity index (χ1v) is 15.4. The second-order valence-electron chi connectivity index (χ2n) is 9.46. The maximum absolute atomic E-state index is 13.9. The van der Waals surface area contributed by atoms with Crippen molar-refractivity contribution < 1.29 is 19.4 Å². The van der Waals surface area contributed by atoms with E-state index in [1.165, 1.54) is 0 Å². The molecule has 0 aliphatic carbocycles. The van der Waals surface area contributed by atoms with Crippen molar-refractivity contribution in [3.05, 3.63) is 51.9 Å². The molecule has 8 nitrogen and oxygen atoms in total. The lowest BCUT2D eigenvalue weighted by Gasteiger charge is -2.32. The number of ether oxygens (including phenoxy) is 1. The highest BCUT2D eigenvalue weighted by atomic mass is 127. The summed E-state index contributed by atoms with van der Waals surface area (Å²) in [6.45, 7) is 10.7. The molecule has 4 atom stereocenters. The van der Waals surface area contributed by atoms with Gasteiger partial charge in [0.05, 0.1) is 17.5 Å². The first kappa shape index (κ1) is 24.5. The highest BCUT2D eigenvalue weighted by molar-refractivity contribution is 14.1. The fourth-order valence-electron chi connectivity index (χ4n) is 5.57. The minimum absolute atomic E-state index is 0.0262. The molecule has 178 valence electrons. The predicted octanol–water partition coefficient (Wildman–Crippen LogP) is 2.84. The van der Waals surface area contributed by atoms with Gasteiger partial charge in [0.1, 0.15) is 0 Å². The molecule has 0 radical (unpaired) electrons. The number of nitrogens with zero attached hydrogens (tertiary/aromatic N) is 4. The van der Waals surface area contributed by atoms with Crippen LogP contribution in [0.2, 0.25) is 18.6 Å². The van der Waals surface area contributed by atoms with Crippen LogP contribution in [0.4, 0.5) is 5.69 Å². The Morgan fingerprint density at radius 2 is 2.15 bits per heavy atom. The number of carbonyl (C=O) groups excluding carboxylic acids is 1. The van der Waals surface area contributed by atoms with Gasteiger partial charge in [-0.05, 0) is 60.3 Å². The first-order valence-electron chi connectivity index (χ1n) is 11.3. The molecule has 1 amide bonds. The average molecular weight is 583 g/mol. The van der Waals surface area contributed by atoms with Gasteiger partial charge in [0, 0.05) is 52.9 Å². The molecule has 1 aromatic heterocycles. The van der Waals surface area contributed by atoms with Gasteiger partial charge in [-0.25, -0.2) is 0 Å². The van der Waals surface area contributed by atoms with Gasteiger partial charge in [-0.3, -0.25) is 9.48 Å². The van der Waals surface area contributed by atoms with E-state index in [2.05, 4.69) is 39.5 Å². The van der Waals surface area contributed by atoms with E-state index in [-0.39, 0.29) is 30.1 Å². The van der Waals surface area contributed by atoms with Crippen LogP contribution in [0.15, 0.2) is 37.1 Å². The van der Waals surface area contributed by atoms with E-state index in [9.17, 15) is 9.59 Å². The number of rotatable bonds is 8. The van der Waals surface area contributed by atoms with Crippen molar-refractivity contribution in [3.8, 4) is 0 Å². The van der Waals surface area contributed by atoms with Gasteiger partial charge in [-0.15, -0.1) is 11.7 Å². The third-order valence-electron chi connectivity index (χ3n) is 6.85. The summed E-state index contributed by atoms with van der Waals surface area (Å²) >= 11 is 2.26. The molecule has 10 heteroatoms. The molecule has 0 saturated carbocycles. The molecule has 1 saturated heterocycles. The van der Waals surface area contributed by atoms with Gasteiger partial charge in [0.2, 0.25) is 0 Å². The number of aliphatic hydroxyl groups is 1. The summed E-state index contributed by atoms with van der Waals surface area (Å²) in [7, 11) is -2.69. The van der Waals surface area contributed by atoms with Gasteiger partial charge in [0.15, 0.2) is 13.9 Å². The maximum Gasteiger partial charge on any atom is 0.264 e. The zero-order chi connectivity index (χ0) is 24.0. The third kappa shape index (κ3) is 4.20. The predicted molar refractivity (Wildman–Crippen MR) is 136 cm³/mol. The van der Waals surface area contributed by atoms with Crippen LogP contribution in [-0.4, -0.2) is 58.4 Å². The summed E-state index contributed by atoms with van der Waals surface area (Å²) in [6, 6.07) is 6.01. The number of anilines is 1. The Hall–Kier alpha value is -1.60. The van der Waals surface area contributed by atoms with E-state index in [0.717, 1.165) is 20.5 Å². The Bertz CT molecular complexity index is 1060. The minimum Gasteiger partial charge on any atom is -0.432 e. The van der Waals surface area contributed by atoms with Gasteiger partial charge >= 0.3 is 0 Å². The van der Waals surface area contributed by atoms with Crippen LogP contribution >= 0.6 is 22.6 Å². The standard InChI is InChI=1S/C23H31IN4O4Si/c1-5-10-28-19-7-6-16(24)13-18(19)23(22(28)30)15(2)21(33(3,4)31)20(32-23)8-11-27-14-17(9-12-29)25-26-27/h5-7,13-15,20-21,29,31H,1,8-12H2,2-4H3/t15-,20+,21-,23+/m0/s1. The fourth-order valence-corrected chi connectivity index (χ4v) is 8.66.